The van der Waals surface area contributed by atoms with Crippen molar-refractivity contribution in [3.63, 3.8) is 0 Å². The third-order valence-electron chi connectivity index (χ3n) is 4.46. The molecule has 4 amide bonds. The lowest BCUT2D eigenvalue weighted by Gasteiger charge is -2.38. The van der Waals surface area contributed by atoms with Gasteiger partial charge in [-0.1, -0.05) is 20.8 Å². The van der Waals surface area contributed by atoms with Crippen LogP contribution in [0.3, 0.4) is 0 Å². The molecule has 1 N–H and O–H groups in total. The number of rotatable bonds is 4. The lowest BCUT2D eigenvalue weighted by Crippen LogP contribution is -2.63. The standard InChI is InChI=1S/C13H20N2O3/c1-4-13(5-2)10(16)14-12(18)15(11(13)17)7-9-6-8(9)3/h8-9H,4-7H2,1-3H3,(H,14,16,18). The van der Waals surface area contributed by atoms with Gasteiger partial charge in [0.05, 0.1) is 0 Å². The van der Waals surface area contributed by atoms with Crippen molar-refractivity contribution < 1.29 is 14.4 Å². The molecule has 1 aliphatic heterocycles. The van der Waals surface area contributed by atoms with Crippen molar-refractivity contribution in [1.82, 2.24) is 10.2 Å². The van der Waals surface area contributed by atoms with Crippen LogP contribution < -0.4 is 5.32 Å². The summed E-state index contributed by atoms with van der Waals surface area (Å²) >= 11 is 0. The average molecular weight is 252 g/mol. The summed E-state index contributed by atoms with van der Waals surface area (Å²) in [5.74, 6) is 0.211. The van der Waals surface area contributed by atoms with Crippen LogP contribution in [-0.2, 0) is 9.59 Å². The first-order valence-electron chi connectivity index (χ1n) is 6.63. The molecule has 0 spiro atoms. The third kappa shape index (κ3) is 1.82. The zero-order valence-electron chi connectivity index (χ0n) is 11.2. The van der Waals surface area contributed by atoms with E-state index in [1.807, 2.05) is 13.8 Å². The molecule has 2 aliphatic rings. The smallest absolute Gasteiger partial charge is 0.277 e. The van der Waals surface area contributed by atoms with E-state index in [9.17, 15) is 14.4 Å². The second-order valence-corrected chi connectivity index (χ2v) is 5.44. The summed E-state index contributed by atoms with van der Waals surface area (Å²) in [6, 6.07) is -0.554. The van der Waals surface area contributed by atoms with E-state index < -0.39 is 17.4 Å². The van der Waals surface area contributed by atoms with Gasteiger partial charge in [0.25, 0.3) is 0 Å². The van der Waals surface area contributed by atoms with Crippen molar-refractivity contribution in [3.05, 3.63) is 0 Å². The maximum Gasteiger partial charge on any atom is 0.330 e. The minimum Gasteiger partial charge on any atom is -0.277 e. The fourth-order valence-corrected chi connectivity index (χ4v) is 2.66. The minimum absolute atomic E-state index is 0.319. The Morgan fingerprint density at radius 3 is 2.28 bits per heavy atom. The van der Waals surface area contributed by atoms with Crippen molar-refractivity contribution in [3.8, 4) is 0 Å². The average Bonchev–Trinajstić information content (AvgIpc) is 3.02. The molecule has 0 aromatic heterocycles. The molecular weight excluding hydrogens is 232 g/mol. The van der Waals surface area contributed by atoms with Crippen LogP contribution in [0.5, 0.6) is 0 Å². The summed E-state index contributed by atoms with van der Waals surface area (Å²) in [5, 5.41) is 2.33. The highest BCUT2D eigenvalue weighted by molar-refractivity contribution is 6.19. The van der Waals surface area contributed by atoms with Gasteiger partial charge in [0, 0.05) is 6.54 Å². The van der Waals surface area contributed by atoms with E-state index in [0.29, 0.717) is 31.2 Å². The summed E-state index contributed by atoms with van der Waals surface area (Å²) in [7, 11) is 0. The number of urea groups is 1. The van der Waals surface area contributed by atoms with Gasteiger partial charge < -0.3 is 0 Å². The number of hydrogen-bond donors (Lipinski definition) is 1. The molecule has 2 unspecified atom stereocenters. The number of nitrogens with zero attached hydrogens (tertiary/aromatic N) is 1. The van der Waals surface area contributed by atoms with Gasteiger partial charge in [-0.05, 0) is 31.1 Å². The predicted octanol–water partition coefficient (Wildman–Crippen LogP) is 1.53. The van der Waals surface area contributed by atoms with Gasteiger partial charge in [-0.25, -0.2) is 4.79 Å². The number of hydrogen-bond acceptors (Lipinski definition) is 3. The van der Waals surface area contributed by atoms with E-state index in [2.05, 4.69) is 12.2 Å². The molecule has 2 atom stereocenters. The molecule has 2 rings (SSSR count). The van der Waals surface area contributed by atoms with Gasteiger partial charge in [-0.15, -0.1) is 0 Å². The zero-order chi connectivity index (χ0) is 13.5. The second-order valence-electron chi connectivity index (χ2n) is 5.44. The van der Waals surface area contributed by atoms with E-state index in [1.165, 1.54) is 4.90 Å². The highest BCUT2D eigenvalue weighted by atomic mass is 16.2. The van der Waals surface area contributed by atoms with Crippen LogP contribution in [-0.4, -0.2) is 29.3 Å². The highest BCUT2D eigenvalue weighted by Gasteiger charge is 2.52. The molecule has 1 heterocycles. The van der Waals surface area contributed by atoms with Crippen LogP contribution in [0.2, 0.25) is 0 Å². The lowest BCUT2D eigenvalue weighted by atomic mass is 9.78. The fourth-order valence-electron chi connectivity index (χ4n) is 2.66. The first kappa shape index (κ1) is 13.1. The molecule has 100 valence electrons. The van der Waals surface area contributed by atoms with Crippen molar-refractivity contribution >= 4 is 17.8 Å². The SMILES string of the molecule is CCC1(CC)C(=O)NC(=O)N(CC2CC2C)C1=O. The second kappa shape index (κ2) is 4.37. The molecule has 1 saturated carbocycles. The molecule has 2 fully saturated rings. The number of imide groups is 2. The molecule has 5 heteroatoms. The van der Waals surface area contributed by atoms with Crippen molar-refractivity contribution in [2.24, 2.45) is 17.3 Å². The third-order valence-corrected chi connectivity index (χ3v) is 4.46. The summed E-state index contributed by atoms with van der Waals surface area (Å²) in [6.07, 6.45) is 1.91. The number of carbonyl (C=O) groups is 3. The van der Waals surface area contributed by atoms with E-state index in [4.69, 9.17) is 0 Å². The normalized spacial score (nSPS) is 30.4. The summed E-state index contributed by atoms with van der Waals surface area (Å²) in [5.41, 5.74) is -1.05. The van der Waals surface area contributed by atoms with Gasteiger partial charge in [0.15, 0.2) is 0 Å². The van der Waals surface area contributed by atoms with Gasteiger partial charge in [0.1, 0.15) is 5.41 Å². The maximum absolute atomic E-state index is 12.4. The molecule has 5 nitrogen and oxygen atoms in total. The van der Waals surface area contributed by atoms with Gasteiger partial charge >= 0.3 is 6.03 Å². The Morgan fingerprint density at radius 2 is 1.83 bits per heavy atom. The maximum atomic E-state index is 12.4. The Hall–Kier alpha value is -1.39. The van der Waals surface area contributed by atoms with Gasteiger partial charge in [-0.3, -0.25) is 19.8 Å². The van der Waals surface area contributed by atoms with E-state index in [-0.39, 0.29) is 5.91 Å². The Morgan fingerprint density at radius 1 is 1.28 bits per heavy atom. The Balaban J connectivity index is 2.22. The topological polar surface area (TPSA) is 66.5 Å². The fraction of sp³-hybridized carbons (Fsp3) is 0.769. The van der Waals surface area contributed by atoms with Crippen LogP contribution in [0.15, 0.2) is 0 Å². The molecule has 0 bridgehead atoms. The minimum atomic E-state index is -1.05. The first-order chi connectivity index (χ1) is 8.46. The zero-order valence-corrected chi connectivity index (χ0v) is 11.2. The van der Waals surface area contributed by atoms with Crippen molar-refractivity contribution in [2.45, 2.75) is 40.0 Å². The largest absolute Gasteiger partial charge is 0.330 e. The van der Waals surface area contributed by atoms with Crippen LogP contribution in [0.4, 0.5) is 4.79 Å². The molecular formula is C13H20N2O3. The van der Waals surface area contributed by atoms with Gasteiger partial charge in [-0.2, -0.15) is 0 Å². The molecule has 1 aliphatic carbocycles. The number of amides is 4. The lowest BCUT2D eigenvalue weighted by molar-refractivity contribution is -0.152. The molecule has 0 aromatic rings. The van der Waals surface area contributed by atoms with Crippen molar-refractivity contribution in [1.29, 1.82) is 0 Å². The van der Waals surface area contributed by atoms with Crippen molar-refractivity contribution in [2.75, 3.05) is 6.54 Å². The highest BCUT2D eigenvalue weighted by Crippen LogP contribution is 2.40. The Bertz CT molecular complexity index is 401. The van der Waals surface area contributed by atoms with E-state index in [1.54, 1.807) is 0 Å². The van der Waals surface area contributed by atoms with E-state index in [0.717, 1.165) is 6.42 Å². The molecule has 1 saturated heterocycles. The number of barbiturate groups is 1. The molecule has 0 aromatic carbocycles. The summed E-state index contributed by atoms with van der Waals surface area (Å²) < 4.78 is 0. The van der Waals surface area contributed by atoms with Gasteiger partial charge in [0.2, 0.25) is 11.8 Å². The predicted molar refractivity (Wildman–Crippen MR) is 65.5 cm³/mol. The van der Waals surface area contributed by atoms with Crippen LogP contribution >= 0.6 is 0 Å². The number of nitrogens with one attached hydrogen (secondary N) is 1. The molecule has 0 radical (unpaired) electrons. The monoisotopic (exact) mass is 252 g/mol. The summed E-state index contributed by atoms with van der Waals surface area (Å²) in [6.45, 7) is 6.18. The van der Waals surface area contributed by atoms with E-state index >= 15 is 0 Å². The number of carbonyl (C=O) groups excluding carboxylic acids is 3. The quantitative estimate of drug-likeness (QED) is 0.771. The first-order valence-corrected chi connectivity index (χ1v) is 6.63. The van der Waals surface area contributed by atoms with Crippen LogP contribution in [0, 0.1) is 17.3 Å². The Kier molecular flexibility index (Phi) is 3.17. The van der Waals surface area contributed by atoms with Crippen LogP contribution in [0.1, 0.15) is 40.0 Å². The summed E-state index contributed by atoms with van der Waals surface area (Å²) in [4.78, 5) is 37.4. The Labute approximate surface area is 107 Å². The van der Waals surface area contributed by atoms with Crippen LogP contribution in [0.25, 0.3) is 0 Å². The molecule has 18 heavy (non-hydrogen) atoms.